The highest BCUT2D eigenvalue weighted by Gasteiger charge is 2.16. The molecule has 0 aliphatic heterocycles. The summed E-state index contributed by atoms with van der Waals surface area (Å²) in [4.78, 5) is 2.36. The van der Waals surface area contributed by atoms with Crippen molar-refractivity contribution in [3.05, 3.63) is 224 Å². The van der Waals surface area contributed by atoms with E-state index >= 15 is 0 Å². The van der Waals surface area contributed by atoms with Crippen molar-refractivity contribution in [1.29, 1.82) is 0 Å². The van der Waals surface area contributed by atoms with Crippen LogP contribution in [0.2, 0.25) is 0 Å². The molecule has 0 amide bonds. The number of fused-ring (bicyclic) bond motifs is 3. The second-order valence-corrected chi connectivity index (χ2v) is 14.1. The van der Waals surface area contributed by atoms with Crippen LogP contribution in [-0.4, -0.2) is 0 Å². The van der Waals surface area contributed by atoms with Crippen molar-refractivity contribution in [2.45, 2.75) is 0 Å². The number of hydrogen-bond acceptors (Lipinski definition) is 1. The minimum atomic E-state index is 1.10. The second kappa shape index (κ2) is 14.0. The van der Waals surface area contributed by atoms with Gasteiger partial charge in [0.25, 0.3) is 0 Å². The molecule has 0 saturated heterocycles. The summed E-state index contributed by atoms with van der Waals surface area (Å²) in [5.41, 5.74) is 13.1. The lowest BCUT2D eigenvalue weighted by atomic mass is 9.90. The summed E-state index contributed by atoms with van der Waals surface area (Å²) in [6.45, 7) is 0. The van der Waals surface area contributed by atoms with Gasteiger partial charge in [-0.1, -0.05) is 188 Å². The lowest BCUT2D eigenvalue weighted by Crippen LogP contribution is -2.09. The summed E-state index contributed by atoms with van der Waals surface area (Å²) in [6, 6.07) is 81.4. The molecule has 0 unspecified atom stereocenters. The third-order valence-electron chi connectivity index (χ3n) is 10.9. The van der Waals surface area contributed by atoms with E-state index in [0.29, 0.717) is 0 Å². The first-order valence-electron chi connectivity index (χ1n) is 18.9. The van der Waals surface area contributed by atoms with E-state index in [0.717, 1.165) is 17.1 Å². The van der Waals surface area contributed by atoms with Gasteiger partial charge in [0.05, 0.1) is 0 Å². The monoisotopic (exact) mass is 699 g/mol. The van der Waals surface area contributed by atoms with Crippen LogP contribution < -0.4 is 4.90 Å². The summed E-state index contributed by atoms with van der Waals surface area (Å²) in [5.74, 6) is 0. The zero-order valence-electron chi connectivity index (χ0n) is 30.3. The molecule has 0 aromatic heterocycles. The van der Waals surface area contributed by atoms with Crippen molar-refractivity contribution in [2.24, 2.45) is 0 Å². The van der Waals surface area contributed by atoms with Gasteiger partial charge in [0.1, 0.15) is 0 Å². The molecule has 55 heavy (non-hydrogen) atoms. The normalized spacial score (nSPS) is 11.3. The van der Waals surface area contributed by atoms with Crippen LogP contribution in [0.1, 0.15) is 0 Å². The highest BCUT2D eigenvalue weighted by Crippen LogP contribution is 2.41. The standard InChI is InChI=1S/C54H37N/c1-2-14-45(15-3-1)54-52-19-9-7-13-42(52)30-36-53(54)44-28-33-48(34-29-44)55(49-35-27-38-11-4-5-16-46(38)37-49)47-31-25-40(26-32-47)39-21-23-43(24-22-39)51-20-10-17-41-12-6-8-18-50(41)51/h1-37H. The molecule has 0 saturated carbocycles. The molecule has 10 rings (SSSR count). The maximum atomic E-state index is 2.36. The number of anilines is 3. The molecule has 0 fully saturated rings. The Morgan fingerprint density at radius 2 is 0.709 bits per heavy atom. The van der Waals surface area contributed by atoms with E-state index in [2.05, 4.69) is 229 Å². The smallest absolute Gasteiger partial charge is 0.0468 e. The van der Waals surface area contributed by atoms with Crippen LogP contribution in [0.3, 0.4) is 0 Å². The third kappa shape index (κ3) is 6.12. The lowest BCUT2D eigenvalue weighted by Gasteiger charge is -2.26. The molecular formula is C54H37N. The Hall–Kier alpha value is -7.22. The van der Waals surface area contributed by atoms with Crippen molar-refractivity contribution >= 4 is 49.4 Å². The lowest BCUT2D eigenvalue weighted by molar-refractivity contribution is 1.29. The van der Waals surface area contributed by atoms with Gasteiger partial charge in [0.15, 0.2) is 0 Å². The van der Waals surface area contributed by atoms with Crippen LogP contribution in [-0.2, 0) is 0 Å². The summed E-state index contributed by atoms with van der Waals surface area (Å²) in [5, 5.41) is 7.49. The topological polar surface area (TPSA) is 3.24 Å². The van der Waals surface area contributed by atoms with Gasteiger partial charge in [-0.2, -0.15) is 0 Å². The Morgan fingerprint density at radius 3 is 1.42 bits per heavy atom. The van der Waals surface area contributed by atoms with E-state index in [1.165, 1.54) is 76.8 Å². The van der Waals surface area contributed by atoms with E-state index in [1.807, 2.05) is 0 Å². The largest absolute Gasteiger partial charge is 0.310 e. The van der Waals surface area contributed by atoms with Gasteiger partial charge in [0.2, 0.25) is 0 Å². The Balaban J connectivity index is 1.02. The summed E-state index contributed by atoms with van der Waals surface area (Å²) >= 11 is 0. The molecular weight excluding hydrogens is 663 g/mol. The van der Waals surface area contributed by atoms with Crippen LogP contribution in [0.4, 0.5) is 17.1 Å². The van der Waals surface area contributed by atoms with E-state index in [1.54, 1.807) is 0 Å². The van der Waals surface area contributed by atoms with E-state index < -0.39 is 0 Å². The van der Waals surface area contributed by atoms with Crippen LogP contribution in [0, 0.1) is 0 Å². The Morgan fingerprint density at radius 1 is 0.236 bits per heavy atom. The van der Waals surface area contributed by atoms with Crippen LogP contribution in [0.25, 0.3) is 76.8 Å². The molecule has 0 N–H and O–H groups in total. The molecule has 258 valence electrons. The summed E-state index contributed by atoms with van der Waals surface area (Å²) in [7, 11) is 0. The zero-order valence-corrected chi connectivity index (χ0v) is 30.3. The molecule has 0 aliphatic carbocycles. The van der Waals surface area contributed by atoms with Gasteiger partial charge in [-0.25, -0.2) is 0 Å². The average molecular weight is 700 g/mol. The molecule has 0 spiro atoms. The summed E-state index contributed by atoms with van der Waals surface area (Å²) < 4.78 is 0. The van der Waals surface area contributed by atoms with Crippen LogP contribution in [0.5, 0.6) is 0 Å². The van der Waals surface area contributed by atoms with Crippen molar-refractivity contribution < 1.29 is 0 Å². The Bertz CT molecular complexity index is 2940. The molecule has 1 nitrogen and oxygen atoms in total. The van der Waals surface area contributed by atoms with E-state index in [4.69, 9.17) is 0 Å². The fraction of sp³-hybridized carbons (Fsp3) is 0. The fourth-order valence-electron chi connectivity index (χ4n) is 8.10. The molecule has 0 atom stereocenters. The predicted octanol–water partition coefficient (Wildman–Crippen LogP) is 15.3. The average Bonchev–Trinajstić information content (AvgIpc) is 3.27. The maximum Gasteiger partial charge on any atom is 0.0468 e. The van der Waals surface area contributed by atoms with Crippen molar-refractivity contribution in [1.82, 2.24) is 0 Å². The molecule has 0 heterocycles. The number of nitrogens with zero attached hydrogens (tertiary/aromatic N) is 1. The van der Waals surface area contributed by atoms with Crippen molar-refractivity contribution in [2.75, 3.05) is 4.90 Å². The molecule has 10 aromatic rings. The van der Waals surface area contributed by atoms with E-state index in [-0.39, 0.29) is 0 Å². The van der Waals surface area contributed by atoms with Gasteiger partial charge in [-0.3, -0.25) is 0 Å². The number of benzene rings is 10. The second-order valence-electron chi connectivity index (χ2n) is 14.1. The molecule has 0 radical (unpaired) electrons. The highest BCUT2D eigenvalue weighted by molar-refractivity contribution is 6.04. The van der Waals surface area contributed by atoms with Crippen molar-refractivity contribution in [3.63, 3.8) is 0 Å². The minimum absolute atomic E-state index is 1.10. The molecule has 10 aromatic carbocycles. The van der Waals surface area contributed by atoms with Gasteiger partial charge in [-0.15, -0.1) is 0 Å². The van der Waals surface area contributed by atoms with Gasteiger partial charge >= 0.3 is 0 Å². The van der Waals surface area contributed by atoms with Gasteiger partial charge in [-0.05, 0) is 113 Å². The predicted molar refractivity (Wildman–Crippen MR) is 235 cm³/mol. The Labute approximate surface area is 322 Å². The zero-order chi connectivity index (χ0) is 36.6. The van der Waals surface area contributed by atoms with Crippen LogP contribution >= 0.6 is 0 Å². The molecule has 1 heteroatoms. The SMILES string of the molecule is c1ccc(-c2c(-c3ccc(N(c4ccc(-c5ccc(-c6cccc7ccccc67)cc5)cc4)c4ccc5ccccc5c4)cc3)ccc3ccccc23)cc1. The Kier molecular flexibility index (Phi) is 8.24. The summed E-state index contributed by atoms with van der Waals surface area (Å²) in [6.07, 6.45) is 0. The quantitative estimate of drug-likeness (QED) is 0.160. The minimum Gasteiger partial charge on any atom is -0.310 e. The first-order valence-corrected chi connectivity index (χ1v) is 18.9. The highest BCUT2D eigenvalue weighted by atomic mass is 15.1. The van der Waals surface area contributed by atoms with Gasteiger partial charge in [0, 0.05) is 17.1 Å². The first kappa shape index (κ1) is 32.4. The fourth-order valence-corrected chi connectivity index (χ4v) is 8.10. The van der Waals surface area contributed by atoms with Crippen LogP contribution in [0.15, 0.2) is 224 Å². The third-order valence-corrected chi connectivity index (χ3v) is 10.9. The number of hydrogen-bond donors (Lipinski definition) is 0. The first-order chi connectivity index (χ1) is 27.3. The van der Waals surface area contributed by atoms with E-state index in [9.17, 15) is 0 Å². The number of rotatable bonds is 7. The molecule has 0 aliphatic rings. The van der Waals surface area contributed by atoms with Gasteiger partial charge < -0.3 is 4.90 Å². The van der Waals surface area contributed by atoms with Crippen molar-refractivity contribution in [3.8, 4) is 44.5 Å². The molecule has 0 bridgehead atoms. The maximum absolute atomic E-state index is 2.36.